The topological polar surface area (TPSA) is 102 Å². The molecule has 12 heteroatoms. The number of imidazole rings is 2. The van der Waals surface area contributed by atoms with Gasteiger partial charge in [0.25, 0.3) is 0 Å². The summed E-state index contributed by atoms with van der Waals surface area (Å²) in [5.74, 6) is 0.913. The number of fused-ring (bicyclic) bond motifs is 1. The minimum atomic E-state index is -0.323. The molecule has 222 valence electrons. The highest BCUT2D eigenvalue weighted by Crippen LogP contribution is 2.32. The quantitative estimate of drug-likeness (QED) is 0.259. The van der Waals surface area contributed by atoms with Crippen molar-refractivity contribution in [2.75, 3.05) is 43.6 Å². The van der Waals surface area contributed by atoms with E-state index < -0.39 is 0 Å². The normalized spacial score (nSPS) is 12.9. The zero-order valence-corrected chi connectivity index (χ0v) is 23.8. The minimum Gasteiger partial charge on any atom is -0.378 e. The molecule has 1 fully saturated rings. The number of morpholine rings is 1. The van der Waals surface area contributed by atoms with Crippen molar-refractivity contribution in [3.63, 3.8) is 0 Å². The zero-order chi connectivity index (χ0) is 30.5. The summed E-state index contributed by atoms with van der Waals surface area (Å²) >= 11 is 0. The molecule has 2 aromatic carbocycles. The van der Waals surface area contributed by atoms with Gasteiger partial charge < -0.3 is 15.0 Å². The molecule has 4 aromatic heterocycles. The van der Waals surface area contributed by atoms with Crippen LogP contribution in [0.2, 0.25) is 0 Å². The van der Waals surface area contributed by atoms with Gasteiger partial charge in [0.05, 0.1) is 25.1 Å². The van der Waals surface area contributed by atoms with Gasteiger partial charge in [-0.15, -0.1) is 0 Å². The van der Waals surface area contributed by atoms with Crippen molar-refractivity contribution in [3.8, 4) is 28.3 Å². The van der Waals surface area contributed by atoms with Crippen LogP contribution in [0.5, 0.6) is 0 Å². The molecule has 1 aliphatic rings. The molecule has 0 atom stereocenters. The van der Waals surface area contributed by atoms with Crippen molar-refractivity contribution in [1.29, 1.82) is 0 Å². The Bertz CT molecular complexity index is 1820. The summed E-state index contributed by atoms with van der Waals surface area (Å²) in [6.45, 7) is 3.14. The van der Waals surface area contributed by atoms with Crippen molar-refractivity contribution < 1.29 is 18.3 Å². The smallest absolute Gasteiger partial charge is 0.156 e. The first kappa shape index (κ1) is 28.6. The second kappa shape index (κ2) is 12.8. The molecule has 1 aliphatic heterocycles. The van der Waals surface area contributed by atoms with Crippen LogP contribution in [0.15, 0.2) is 91.5 Å². The van der Waals surface area contributed by atoms with Crippen molar-refractivity contribution in [3.05, 3.63) is 109 Å². The third-order valence-electron chi connectivity index (χ3n) is 7.05. The Labute approximate surface area is 251 Å². The van der Waals surface area contributed by atoms with E-state index in [2.05, 4.69) is 25.2 Å². The molecule has 1 saturated heterocycles. The summed E-state index contributed by atoms with van der Waals surface area (Å²) in [4.78, 5) is 25.9. The molecule has 0 spiro atoms. The first-order chi connectivity index (χ1) is 21.5. The van der Waals surface area contributed by atoms with Gasteiger partial charge in [-0.3, -0.25) is 9.36 Å². The van der Waals surface area contributed by atoms with Gasteiger partial charge >= 0.3 is 0 Å². The molecular formula is C32H28F2N8O2. The Hall–Kier alpha value is -5.49. The number of anilines is 2. The molecule has 0 radical (unpaired) electrons. The SMILES string of the molecule is CNc1cn2nc(-c3c(-c4ccc(F)cc4)ncn3-c3ccc(F)cc3)ccc2n1.O=Cc1ccnc(N2CCOCC2)c1. The van der Waals surface area contributed by atoms with Crippen LogP contribution >= 0.6 is 0 Å². The zero-order valence-electron chi connectivity index (χ0n) is 23.8. The lowest BCUT2D eigenvalue weighted by Crippen LogP contribution is -2.36. The molecule has 0 amide bonds. The molecule has 0 saturated carbocycles. The van der Waals surface area contributed by atoms with Gasteiger partial charge in [0.1, 0.15) is 47.3 Å². The number of halogens is 2. The van der Waals surface area contributed by atoms with E-state index >= 15 is 0 Å². The Morgan fingerprint density at radius 2 is 1.64 bits per heavy atom. The van der Waals surface area contributed by atoms with Crippen molar-refractivity contribution in [2.24, 2.45) is 0 Å². The molecule has 10 nitrogen and oxygen atoms in total. The molecule has 1 N–H and O–H groups in total. The fourth-order valence-corrected chi connectivity index (χ4v) is 4.81. The van der Waals surface area contributed by atoms with E-state index in [1.165, 1.54) is 24.3 Å². The lowest BCUT2D eigenvalue weighted by Gasteiger charge is -2.27. The summed E-state index contributed by atoms with van der Waals surface area (Å²) in [6, 6.07) is 19.5. The Morgan fingerprint density at radius 1 is 0.909 bits per heavy atom. The highest BCUT2D eigenvalue weighted by Gasteiger charge is 2.19. The molecular weight excluding hydrogens is 566 g/mol. The summed E-state index contributed by atoms with van der Waals surface area (Å²) in [5.41, 5.74) is 4.82. The van der Waals surface area contributed by atoms with E-state index in [4.69, 9.17) is 9.84 Å². The highest BCUT2D eigenvalue weighted by atomic mass is 19.1. The van der Waals surface area contributed by atoms with E-state index in [-0.39, 0.29) is 11.6 Å². The number of pyridine rings is 1. The van der Waals surface area contributed by atoms with Gasteiger partial charge in [-0.2, -0.15) is 5.10 Å². The van der Waals surface area contributed by atoms with E-state index in [1.807, 2.05) is 16.7 Å². The molecule has 0 unspecified atom stereocenters. The van der Waals surface area contributed by atoms with Gasteiger partial charge in [-0.1, -0.05) is 0 Å². The molecule has 0 bridgehead atoms. The number of nitrogens with one attached hydrogen (secondary N) is 1. The van der Waals surface area contributed by atoms with Crippen LogP contribution in [0.25, 0.3) is 34.0 Å². The van der Waals surface area contributed by atoms with Crippen LogP contribution in [-0.2, 0) is 4.74 Å². The lowest BCUT2D eigenvalue weighted by atomic mass is 10.1. The molecule has 0 aliphatic carbocycles. The lowest BCUT2D eigenvalue weighted by molar-refractivity contribution is 0.112. The monoisotopic (exact) mass is 594 g/mol. The van der Waals surface area contributed by atoms with Gasteiger partial charge in [0, 0.05) is 43.1 Å². The van der Waals surface area contributed by atoms with Crippen molar-refractivity contribution in [2.45, 2.75) is 0 Å². The number of hydrogen-bond donors (Lipinski definition) is 1. The average Bonchev–Trinajstić information content (AvgIpc) is 3.70. The maximum atomic E-state index is 13.5. The second-order valence-electron chi connectivity index (χ2n) is 9.86. The summed E-state index contributed by atoms with van der Waals surface area (Å²) in [5, 5.41) is 7.69. The molecule has 5 heterocycles. The summed E-state index contributed by atoms with van der Waals surface area (Å²) in [6.07, 6.45) is 5.94. The Kier molecular flexibility index (Phi) is 8.32. The van der Waals surface area contributed by atoms with E-state index in [0.717, 1.165) is 49.7 Å². The van der Waals surface area contributed by atoms with E-state index in [0.29, 0.717) is 34.1 Å². The first-order valence-corrected chi connectivity index (χ1v) is 13.9. The maximum Gasteiger partial charge on any atom is 0.156 e. The first-order valence-electron chi connectivity index (χ1n) is 13.9. The predicted molar refractivity (Wildman–Crippen MR) is 163 cm³/mol. The number of rotatable bonds is 6. The van der Waals surface area contributed by atoms with Crippen molar-refractivity contribution in [1.82, 2.24) is 29.1 Å². The van der Waals surface area contributed by atoms with Gasteiger partial charge in [-0.05, 0) is 72.8 Å². The standard InChI is InChI=1S/C22H16F2N6.C10H12N2O2/c1-25-19-12-30-20(27-19)11-10-18(28-30)22-21(14-2-4-15(23)5-3-14)26-13-29(22)17-8-6-16(24)7-9-17;13-8-9-1-2-11-10(7-9)12-3-5-14-6-4-12/h2-13,25H,1H3;1-2,7-8H,3-6H2. The number of ether oxygens (including phenoxy) is 1. The minimum absolute atomic E-state index is 0.322. The predicted octanol–water partition coefficient (Wildman–Crippen LogP) is 5.30. The molecule has 6 aromatic rings. The van der Waals surface area contributed by atoms with Crippen molar-refractivity contribution >= 4 is 23.6 Å². The van der Waals surface area contributed by atoms with Crippen LogP contribution in [0.3, 0.4) is 0 Å². The summed E-state index contributed by atoms with van der Waals surface area (Å²) in [7, 11) is 1.79. The fraction of sp³-hybridized carbons (Fsp3) is 0.156. The average molecular weight is 595 g/mol. The van der Waals surface area contributed by atoms with Gasteiger partial charge in [0.2, 0.25) is 0 Å². The maximum absolute atomic E-state index is 13.5. The largest absolute Gasteiger partial charge is 0.378 e. The van der Waals surface area contributed by atoms with Crippen LogP contribution < -0.4 is 10.2 Å². The molecule has 44 heavy (non-hydrogen) atoms. The Balaban J connectivity index is 0.000000205. The number of aldehydes is 1. The second-order valence-corrected chi connectivity index (χ2v) is 9.86. The van der Waals surface area contributed by atoms with Crippen LogP contribution in [-0.4, -0.2) is 68.8 Å². The number of aromatic nitrogens is 6. The fourth-order valence-electron chi connectivity index (χ4n) is 4.81. The third-order valence-corrected chi connectivity index (χ3v) is 7.05. The number of carbonyl (C=O) groups is 1. The third kappa shape index (κ3) is 6.15. The number of carbonyl (C=O) groups excluding carboxylic acids is 1. The van der Waals surface area contributed by atoms with Crippen LogP contribution in [0.1, 0.15) is 10.4 Å². The molecule has 7 rings (SSSR count). The van der Waals surface area contributed by atoms with E-state index in [9.17, 15) is 13.6 Å². The Morgan fingerprint density at radius 3 is 2.34 bits per heavy atom. The number of benzene rings is 2. The number of nitrogens with zero attached hydrogens (tertiary/aromatic N) is 7. The number of hydrogen-bond acceptors (Lipinski definition) is 8. The van der Waals surface area contributed by atoms with E-state index in [1.54, 1.807) is 66.7 Å². The van der Waals surface area contributed by atoms with Crippen LogP contribution in [0, 0.1) is 11.6 Å². The summed E-state index contributed by atoms with van der Waals surface area (Å²) < 4.78 is 35.7. The van der Waals surface area contributed by atoms with Crippen LogP contribution in [0.4, 0.5) is 20.4 Å². The van der Waals surface area contributed by atoms with Gasteiger partial charge in [0.15, 0.2) is 5.65 Å². The van der Waals surface area contributed by atoms with Gasteiger partial charge in [-0.25, -0.2) is 28.2 Å². The highest BCUT2D eigenvalue weighted by molar-refractivity contribution is 5.78.